The molecule has 2 unspecified atom stereocenters. The predicted molar refractivity (Wildman–Crippen MR) is 127 cm³/mol. The Labute approximate surface area is 191 Å². The molecule has 1 amide bonds. The summed E-state index contributed by atoms with van der Waals surface area (Å²) >= 11 is 1.47. The molecule has 164 valence electrons. The number of pyridine rings is 1. The quantitative estimate of drug-likeness (QED) is 0.477. The molecule has 0 aliphatic carbocycles. The van der Waals surface area contributed by atoms with Gasteiger partial charge in [0, 0.05) is 19.8 Å². The van der Waals surface area contributed by atoms with E-state index in [4.69, 9.17) is 4.98 Å². The Morgan fingerprint density at radius 3 is 2.84 bits per heavy atom. The topological polar surface area (TPSA) is 63.0 Å². The van der Waals surface area contributed by atoms with Gasteiger partial charge in [-0.15, -0.1) is 11.3 Å². The zero-order chi connectivity index (χ0) is 21.9. The van der Waals surface area contributed by atoms with E-state index >= 15 is 0 Å². The smallest absolute Gasteiger partial charge is 0.261 e. The van der Waals surface area contributed by atoms with Gasteiger partial charge in [0.2, 0.25) is 0 Å². The highest BCUT2D eigenvalue weighted by molar-refractivity contribution is 7.12. The molecule has 4 heterocycles. The summed E-state index contributed by atoms with van der Waals surface area (Å²) in [6, 6.07) is 17.9. The summed E-state index contributed by atoms with van der Waals surface area (Å²) in [6.45, 7) is 2.73. The van der Waals surface area contributed by atoms with Crippen molar-refractivity contribution in [2.45, 2.75) is 25.4 Å². The van der Waals surface area contributed by atoms with Crippen LogP contribution < -0.4 is 5.32 Å². The van der Waals surface area contributed by atoms with E-state index < -0.39 is 0 Å². The molecule has 7 heteroatoms. The highest BCUT2D eigenvalue weighted by Gasteiger charge is 2.31. The number of thiophene rings is 1. The molecule has 0 saturated carbocycles. The maximum absolute atomic E-state index is 12.9. The molecule has 32 heavy (non-hydrogen) atoms. The van der Waals surface area contributed by atoms with Crippen molar-refractivity contribution in [3.8, 4) is 0 Å². The van der Waals surface area contributed by atoms with E-state index in [9.17, 15) is 4.79 Å². The highest BCUT2D eigenvalue weighted by Crippen LogP contribution is 2.30. The third-order valence-corrected chi connectivity index (χ3v) is 7.16. The molecule has 0 spiro atoms. The van der Waals surface area contributed by atoms with Crippen molar-refractivity contribution < 1.29 is 4.79 Å². The number of aromatic nitrogens is 3. The van der Waals surface area contributed by atoms with Gasteiger partial charge >= 0.3 is 0 Å². The van der Waals surface area contributed by atoms with Gasteiger partial charge in [0.25, 0.3) is 5.91 Å². The lowest BCUT2D eigenvalue weighted by Crippen LogP contribution is -2.43. The predicted octanol–water partition coefficient (Wildman–Crippen LogP) is 4.41. The van der Waals surface area contributed by atoms with Crippen LogP contribution in [0.25, 0.3) is 11.0 Å². The van der Waals surface area contributed by atoms with Crippen LogP contribution in [0.2, 0.25) is 0 Å². The molecule has 3 aromatic heterocycles. The second-order valence-electron chi connectivity index (χ2n) is 8.40. The number of carbonyl (C=O) groups excluding carboxylic acids is 1. The molecule has 1 saturated heterocycles. The molecule has 5 rings (SSSR count). The number of piperidine rings is 1. The van der Waals surface area contributed by atoms with Crippen LogP contribution in [-0.4, -0.2) is 38.4 Å². The van der Waals surface area contributed by atoms with Crippen LogP contribution in [0.4, 0.5) is 0 Å². The lowest BCUT2D eigenvalue weighted by atomic mass is 9.88. The average molecular weight is 446 g/mol. The summed E-state index contributed by atoms with van der Waals surface area (Å²) in [7, 11) is 2.09. The van der Waals surface area contributed by atoms with Crippen LogP contribution in [0, 0.1) is 5.92 Å². The number of nitrogens with one attached hydrogen (secondary N) is 1. The first-order valence-corrected chi connectivity index (χ1v) is 11.9. The Bertz CT molecular complexity index is 1190. The first-order chi connectivity index (χ1) is 15.7. The molecule has 0 radical (unpaired) electrons. The Morgan fingerprint density at radius 1 is 1.19 bits per heavy atom. The van der Waals surface area contributed by atoms with Gasteiger partial charge in [-0.3, -0.25) is 14.7 Å². The second kappa shape index (κ2) is 9.22. The SMILES string of the molecule is Cn1c(CN2CCCC(C(NC(=O)c3cccs3)c3ccccn3)C2)nc2ccccc21. The Kier molecular flexibility index (Phi) is 6.01. The minimum absolute atomic E-state index is 0.0249. The van der Waals surface area contributed by atoms with E-state index in [0.717, 1.165) is 59.9 Å². The Hall–Kier alpha value is -3.03. The van der Waals surface area contributed by atoms with E-state index in [1.165, 1.54) is 11.3 Å². The number of hydrogen-bond acceptors (Lipinski definition) is 5. The normalized spacial score (nSPS) is 18.0. The molecule has 4 aromatic rings. The minimum Gasteiger partial charge on any atom is -0.343 e. The summed E-state index contributed by atoms with van der Waals surface area (Å²) in [6.07, 6.45) is 3.96. The molecular formula is C25H27N5OS. The van der Waals surface area contributed by atoms with Crippen LogP contribution in [0.3, 0.4) is 0 Å². The molecule has 2 atom stereocenters. The summed E-state index contributed by atoms with van der Waals surface area (Å²) in [5.41, 5.74) is 3.12. The third-order valence-electron chi connectivity index (χ3n) is 6.30. The molecule has 1 aliphatic rings. The summed E-state index contributed by atoms with van der Waals surface area (Å²) < 4.78 is 2.19. The number of nitrogens with zero attached hydrogens (tertiary/aromatic N) is 4. The number of imidazole rings is 1. The number of aryl methyl sites for hydroxylation is 1. The first kappa shape index (κ1) is 20.8. The second-order valence-corrected chi connectivity index (χ2v) is 9.34. The fourth-order valence-electron chi connectivity index (χ4n) is 4.66. The first-order valence-electron chi connectivity index (χ1n) is 11.1. The molecule has 1 aromatic carbocycles. The number of fused-ring (bicyclic) bond motifs is 1. The number of benzene rings is 1. The van der Waals surface area contributed by atoms with E-state index in [1.807, 2.05) is 41.8 Å². The number of rotatable bonds is 6. The average Bonchev–Trinajstić information content (AvgIpc) is 3.47. The highest BCUT2D eigenvalue weighted by atomic mass is 32.1. The largest absolute Gasteiger partial charge is 0.343 e. The van der Waals surface area contributed by atoms with Gasteiger partial charge < -0.3 is 9.88 Å². The lowest BCUT2D eigenvalue weighted by Gasteiger charge is -2.36. The summed E-state index contributed by atoms with van der Waals surface area (Å²) in [5, 5.41) is 5.22. The van der Waals surface area contributed by atoms with Crippen molar-refractivity contribution in [2.24, 2.45) is 13.0 Å². The van der Waals surface area contributed by atoms with Gasteiger partial charge in [-0.25, -0.2) is 4.98 Å². The fourth-order valence-corrected chi connectivity index (χ4v) is 5.28. The van der Waals surface area contributed by atoms with Crippen LogP contribution in [-0.2, 0) is 13.6 Å². The van der Waals surface area contributed by atoms with Crippen molar-refractivity contribution in [1.29, 1.82) is 0 Å². The fraction of sp³-hybridized carbons (Fsp3) is 0.320. The monoisotopic (exact) mass is 445 g/mol. The lowest BCUT2D eigenvalue weighted by molar-refractivity contribution is 0.0876. The van der Waals surface area contributed by atoms with Gasteiger partial charge in [0.15, 0.2) is 0 Å². The van der Waals surface area contributed by atoms with Crippen LogP contribution >= 0.6 is 11.3 Å². The number of carbonyl (C=O) groups is 1. The molecule has 1 aliphatic heterocycles. The van der Waals surface area contributed by atoms with Gasteiger partial charge in [0.1, 0.15) is 5.82 Å². The third kappa shape index (κ3) is 4.31. The van der Waals surface area contributed by atoms with E-state index in [1.54, 1.807) is 6.20 Å². The number of para-hydroxylation sites is 2. The number of hydrogen-bond donors (Lipinski definition) is 1. The summed E-state index contributed by atoms with van der Waals surface area (Å²) in [5.74, 6) is 1.34. The van der Waals surface area contributed by atoms with Crippen molar-refractivity contribution in [1.82, 2.24) is 24.8 Å². The van der Waals surface area contributed by atoms with E-state index in [-0.39, 0.29) is 17.9 Å². The zero-order valence-electron chi connectivity index (χ0n) is 18.1. The molecule has 1 fully saturated rings. The van der Waals surface area contributed by atoms with Crippen LogP contribution in [0.5, 0.6) is 0 Å². The van der Waals surface area contributed by atoms with E-state index in [0.29, 0.717) is 0 Å². The molecule has 1 N–H and O–H groups in total. The van der Waals surface area contributed by atoms with Crippen LogP contribution in [0.15, 0.2) is 66.2 Å². The maximum Gasteiger partial charge on any atom is 0.261 e. The van der Waals surface area contributed by atoms with Gasteiger partial charge in [0.05, 0.1) is 34.2 Å². The number of amides is 1. The van der Waals surface area contributed by atoms with Gasteiger partial charge in [-0.1, -0.05) is 24.3 Å². The minimum atomic E-state index is -0.117. The Balaban J connectivity index is 1.36. The summed E-state index contributed by atoms with van der Waals surface area (Å²) in [4.78, 5) is 25.5. The zero-order valence-corrected chi connectivity index (χ0v) is 19.0. The van der Waals surface area contributed by atoms with Crippen molar-refractivity contribution in [3.05, 3.63) is 82.6 Å². The van der Waals surface area contributed by atoms with Crippen molar-refractivity contribution >= 4 is 28.3 Å². The molecule has 6 nitrogen and oxygen atoms in total. The number of likely N-dealkylation sites (tertiary alicyclic amines) is 1. The Morgan fingerprint density at radius 2 is 2.06 bits per heavy atom. The molecular weight excluding hydrogens is 418 g/mol. The van der Waals surface area contributed by atoms with Crippen LogP contribution in [0.1, 0.15) is 40.1 Å². The van der Waals surface area contributed by atoms with Gasteiger partial charge in [-0.2, -0.15) is 0 Å². The van der Waals surface area contributed by atoms with E-state index in [2.05, 4.69) is 45.0 Å². The van der Waals surface area contributed by atoms with Crippen molar-refractivity contribution in [2.75, 3.05) is 13.1 Å². The standard InChI is InChI=1S/C25H27N5OS/c1-29-21-11-3-2-9-19(21)27-23(29)17-30-14-6-8-18(16-30)24(20-10-4-5-13-26-20)28-25(31)22-12-7-15-32-22/h2-5,7,9-13,15,18,24H,6,8,14,16-17H2,1H3,(H,28,31). The molecule has 0 bridgehead atoms. The maximum atomic E-state index is 12.9. The van der Waals surface area contributed by atoms with Gasteiger partial charge in [-0.05, 0) is 61.0 Å². The van der Waals surface area contributed by atoms with Crippen molar-refractivity contribution in [3.63, 3.8) is 0 Å².